The summed E-state index contributed by atoms with van der Waals surface area (Å²) in [6.07, 6.45) is 2.89. The van der Waals surface area contributed by atoms with Crippen molar-refractivity contribution >= 4 is 0 Å². The van der Waals surface area contributed by atoms with Crippen molar-refractivity contribution in [2.75, 3.05) is 7.11 Å². The Kier molecular flexibility index (Phi) is 4.37. The minimum Gasteiger partial charge on any atom is -0.496 e. The molecule has 0 aromatic heterocycles. The summed E-state index contributed by atoms with van der Waals surface area (Å²) in [5.74, 6) is 0.912. The second-order valence-corrected chi connectivity index (χ2v) is 3.92. The van der Waals surface area contributed by atoms with Crippen LogP contribution < -0.4 is 10.5 Å². The third-order valence-corrected chi connectivity index (χ3v) is 2.20. The average molecular weight is 205 g/mol. The minimum absolute atomic E-state index is 0.0614. The standard InChI is InChI=1S/C13H19NO/c1-10(2)8-12(14)9-11-6-4-5-7-13(11)15-3/h4-8,12H,9,14H2,1-3H3. The number of hydrogen-bond acceptors (Lipinski definition) is 2. The number of hydrogen-bond donors (Lipinski definition) is 1. The monoisotopic (exact) mass is 205 g/mol. The molecule has 2 N–H and O–H groups in total. The Morgan fingerprint density at radius 3 is 2.67 bits per heavy atom. The highest BCUT2D eigenvalue weighted by Crippen LogP contribution is 2.18. The van der Waals surface area contributed by atoms with Gasteiger partial charge in [0.15, 0.2) is 0 Å². The first kappa shape index (κ1) is 11.8. The molecule has 1 atom stereocenters. The Bertz CT molecular complexity index is 340. The summed E-state index contributed by atoms with van der Waals surface area (Å²) in [7, 11) is 1.69. The molecule has 0 fully saturated rings. The van der Waals surface area contributed by atoms with Crippen LogP contribution in [0.3, 0.4) is 0 Å². The van der Waals surface area contributed by atoms with Gasteiger partial charge in [-0.3, -0.25) is 0 Å². The number of para-hydroxylation sites is 1. The lowest BCUT2D eigenvalue weighted by atomic mass is 10.0. The van der Waals surface area contributed by atoms with Crippen LogP contribution in [0.1, 0.15) is 19.4 Å². The van der Waals surface area contributed by atoms with Crippen molar-refractivity contribution in [3.8, 4) is 5.75 Å². The largest absolute Gasteiger partial charge is 0.496 e. The maximum atomic E-state index is 6.00. The van der Waals surface area contributed by atoms with Gasteiger partial charge in [-0.15, -0.1) is 0 Å². The highest BCUT2D eigenvalue weighted by atomic mass is 16.5. The molecular weight excluding hydrogens is 186 g/mol. The lowest BCUT2D eigenvalue weighted by molar-refractivity contribution is 0.409. The Labute approximate surface area is 91.7 Å². The molecule has 0 heterocycles. The number of nitrogens with two attached hydrogens (primary N) is 1. The molecule has 0 saturated carbocycles. The first-order valence-electron chi connectivity index (χ1n) is 5.16. The summed E-state index contributed by atoms with van der Waals surface area (Å²) in [6, 6.07) is 8.05. The Morgan fingerprint density at radius 1 is 1.40 bits per heavy atom. The van der Waals surface area contributed by atoms with Gasteiger partial charge in [0.25, 0.3) is 0 Å². The van der Waals surface area contributed by atoms with E-state index in [1.165, 1.54) is 5.57 Å². The van der Waals surface area contributed by atoms with Gasteiger partial charge in [-0.2, -0.15) is 0 Å². The summed E-state index contributed by atoms with van der Waals surface area (Å²) < 4.78 is 5.27. The fraction of sp³-hybridized carbons (Fsp3) is 0.385. The SMILES string of the molecule is COc1ccccc1CC(N)C=C(C)C. The molecule has 0 bridgehead atoms. The van der Waals surface area contributed by atoms with E-state index in [-0.39, 0.29) is 6.04 Å². The molecule has 0 saturated heterocycles. The number of ether oxygens (including phenoxy) is 1. The van der Waals surface area contributed by atoms with E-state index in [2.05, 4.69) is 26.0 Å². The van der Waals surface area contributed by atoms with Crippen molar-refractivity contribution in [1.82, 2.24) is 0 Å². The quantitative estimate of drug-likeness (QED) is 0.767. The highest BCUT2D eigenvalue weighted by molar-refractivity contribution is 5.34. The third kappa shape index (κ3) is 3.76. The molecule has 15 heavy (non-hydrogen) atoms. The number of methoxy groups -OCH3 is 1. The molecule has 1 unspecified atom stereocenters. The lowest BCUT2D eigenvalue weighted by Gasteiger charge is -2.11. The van der Waals surface area contributed by atoms with Gasteiger partial charge in [0.1, 0.15) is 5.75 Å². The Hall–Kier alpha value is -1.28. The smallest absolute Gasteiger partial charge is 0.122 e. The first-order chi connectivity index (χ1) is 7.13. The van der Waals surface area contributed by atoms with Crippen LogP contribution in [-0.2, 0) is 6.42 Å². The van der Waals surface area contributed by atoms with Gasteiger partial charge in [-0.25, -0.2) is 0 Å². The van der Waals surface area contributed by atoms with Crippen LogP contribution >= 0.6 is 0 Å². The molecule has 0 aliphatic heterocycles. The van der Waals surface area contributed by atoms with Gasteiger partial charge in [-0.1, -0.05) is 29.8 Å². The number of allylic oxidation sites excluding steroid dienone is 1. The van der Waals surface area contributed by atoms with Crippen LogP contribution in [0.4, 0.5) is 0 Å². The third-order valence-electron chi connectivity index (χ3n) is 2.20. The van der Waals surface area contributed by atoms with Crippen LogP contribution in [0.5, 0.6) is 5.75 Å². The fourth-order valence-corrected chi connectivity index (χ4v) is 1.61. The second kappa shape index (κ2) is 5.56. The van der Waals surface area contributed by atoms with E-state index < -0.39 is 0 Å². The van der Waals surface area contributed by atoms with Gasteiger partial charge in [0.2, 0.25) is 0 Å². The number of rotatable bonds is 4. The van der Waals surface area contributed by atoms with Crippen LogP contribution in [-0.4, -0.2) is 13.2 Å². The summed E-state index contributed by atoms with van der Waals surface area (Å²) in [5.41, 5.74) is 8.40. The molecule has 0 aliphatic rings. The van der Waals surface area contributed by atoms with Gasteiger partial charge in [0.05, 0.1) is 7.11 Å². The Balaban J connectivity index is 2.75. The lowest BCUT2D eigenvalue weighted by Crippen LogP contribution is -2.20. The van der Waals surface area contributed by atoms with Crippen molar-refractivity contribution in [1.29, 1.82) is 0 Å². The highest BCUT2D eigenvalue weighted by Gasteiger charge is 2.05. The molecule has 1 aromatic carbocycles. The minimum atomic E-state index is 0.0614. The zero-order valence-corrected chi connectivity index (χ0v) is 9.66. The normalized spacial score (nSPS) is 12.0. The zero-order valence-electron chi connectivity index (χ0n) is 9.66. The molecule has 0 amide bonds. The van der Waals surface area contributed by atoms with Crippen molar-refractivity contribution in [3.05, 3.63) is 41.5 Å². The van der Waals surface area contributed by atoms with Crippen molar-refractivity contribution in [2.45, 2.75) is 26.3 Å². The summed E-state index contributed by atoms with van der Waals surface area (Å²) >= 11 is 0. The zero-order chi connectivity index (χ0) is 11.3. The molecular formula is C13H19NO. The first-order valence-corrected chi connectivity index (χ1v) is 5.16. The predicted octanol–water partition coefficient (Wildman–Crippen LogP) is 2.53. The summed E-state index contributed by atoms with van der Waals surface area (Å²) in [4.78, 5) is 0. The van der Waals surface area contributed by atoms with E-state index >= 15 is 0 Å². The van der Waals surface area contributed by atoms with Crippen LogP contribution in [0.25, 0.3) is 0 Å². The fourth-order valence-electron chi connectivity index (χ4n) is 1.61. The van der Waals surface area contributed by atoms with Gasteiger partial charge in [-0.05, 0) is 31.9 Å². The molecule has 2 nitrogen and oxygen atoms in total. The topological polar surface area (TPSA) is 35.2 Å². The van der Waals surface area contributed by atoms with Crippen molar-refractivity contribution in [3.63, 3.8) is 0 Å². The van der Waals surface area contributed by atoms with Gasteiger partial charge in [0, 0.05) is 6.04 Å². The summed E-state index contributed by atoms with van der Waals surface area (Å²) in [6.45, 7) is 4.12. The van der Waals surface area contributed by atoms with E-state index in [0.717, 1.165) is 17.7 Å². The molecule has 82 valence electrons. The maximum Gasteiger partial charge on any atom is 0.122 e. The van der Waals surface area contributed by atoms with Crippen molar-refractivity contribution in [2.24, 2.45) is 5.73 Å². The van der Waals surface area contributed by atoms with Crippen LogP contribution in [0.2, 0.25) is 0 Å². The summed E-state index contributed by atoms with van der Waals surface area (Å²) in [5, 5.41) is 0. The predicted molar refractivity (Wildman–Crippen MR) is 64.1 cm³/mol. The van der Waals surface area contributed by atoms with E-state index in [1.807, 2.05) is 18.2 Å². The maximum absolute atomic E-state index is 6.00. The second-order valence-electron chi connectivity index (χ2n) is 3.92. The molecule has 0 aliphatic carbocycles. The molecule has 2 heteroatoms. The van der Waals surface area contributed by atoms with E-state index in [9.17, 15) is 0 Å². The van der Waals surface area contributed by atoms with E-state index in [4.69, 9.17) is 10.5 Å². The van der Waals surface area contributed by atoms with Crippen molar-refractivity contribution < 1.29 is 4.74 Å². The van der Waals surface area contributed by atoms with Crippen LogP contribution in [0.15, 0.2) is 35.9 Å². The molecule has 1 rings (SSSR count). The molecule has 1 aromatic rings. The molecule has 0 spiro atoms. The Morgan fingerprint density at radius 2 is 2.07 bits per heavy atom. The number of benzene rings is 1. The molecule has 0 radical (unpaired) electrons. The average Bonchev–Trinajstić information content (AvgIpc) is 2.17. The van der Waals surface area contributed by atoms with E-state index in [0.29, 0.717) is 0 Å². The van der Waals surface area contributed by atoms with Gasteiger partial charge < -0.3 is 10.5 Å². The van der Waals surface area contributed by atoms with Crippen LogP contribution in [0, 0.1) is 0 Å². The van der Waals surface area contributed by atoms with E-state index in [1.54, 1.807) is 7.11 Å². The van der Waals surface area contributed by atoms with Gasteiger partial charge >= 0.3 is 0 Å².